The lowest BCUT2D eigenvalue weighted by molar-refractivity contribution is 0.279. The molecule has 7 nitrogen and oxygen atoms in total. The van der Waals surface area contributed by atoms with Crippen LogP contribution in [0.15, 0.2) is 29.3 Å². The Morgan fingerprint density at radius 3 is 2.56 bits per heavy atom. The molecule has 3 aliphatic rings. The average molecular weight is 392 g/mol. The lowest BCUT2D eigenvalue weighted by Gasteiger charge is -2.47. The number of para-hydroxylation sites is 2. The number of piperidine rings is 1. The fourth-order valence-electron chi connectivity index (χ4n) is 4.38. The topological polar surface area (TPSA) is 77.0 Å². The molecule has 4 rings (SSSR count). The molecule has 1 aromatic rings. The van der Waals surface area contributed by atoms with Crippen LogP contribution < -0.4 is 10.6 Å². The molecule has 1 aliphatic carbocycles. The highest BCUT2D eigenvalue weighted by Gasteiger charge is 2.46. The van der Waals surface area contributed by atoms with Crippen molar-refractivity contribution in [3.63, 3.8) is 0 Å². The van der Waals surface area contributed by atoms with Crippen LogP contribution in [0.4, 0.5) is 11.4 Å². The van der Waals surface area contributed by atoms with Crippen molar-refractivity contribution < 1.29 is 8.42 Å². The highest BCUT2D eigenvalue weighted by molar-refractivity contribution is 7.86. The number of hydrogen-bond acceptors (Lipinski definition) is 4. The van der Waals surface area contributed by atoms with Crippen LogP contribution in [0.5, 0.6) is 0 Å². The van der Waals surface area contributed by atoms with E-state index in [0.29, 0.717) is 19.1 Å². The molecule has 1 saturated carbocycles. The minimum absolute atomic E-state index is 0.331. The number of nitrogens with one attached hydrogen (secondary N) is 2. The van der Waals surface area contributed by atoms with Gasteiger partial charge in [-0.1, -0.05) is 25.0 Å². The molecule has 2 fully saturated rings. The van der Waals surface area contributed by atoms with E-state index >= 15 is 0 Å². The van der Waals surface area contributed by atoms with Crippen LogP contribution in [0, 0.1) is 0 Å². The summed E-state index contributed by atoms with van der Waals surface area (Å²) in [5, 5.41) is 7.20. The second kappa shape index (κ2) is 7.07. The van der Waals surface area contributed by atoms with Crippen molar-refractivity contribution in [3.05, 3.63) is 24.3 Å². The molecule has 1 saturated heterocycles. The monoisotopic (exact) mass is 391 g/mol. The van der Waals surface area contributed by atoms with Gasteiger partial charge in [-0.15, -0.1) is 0 Å². The average Bonchev–Trinajstić information content (AvgIpc) is 3.15. The van der Waals surface area contributed by atoms with Gasteiger partial charge >= 0.3 is 0 Å². The lowest BCUT2D eigenvalue weighted by Crippen LogP contribution is -2.63. The first-order valence-electron chi connectivity index (χ1n) is 9.81. The lowest BCUT2D eigenvalue weighted by atomic mass is 9.86. The summed E-state index contributed by atoms with van der Waals surface area (Å²) in [5.41, 5.74) is 1.51. The van der Waals surface area contributed by atoms with E-state index in [1.54, 1.807) is 18.4 Å². The molecule has 27 heavy (non-hydrogen) atoms. The zero-order valence-electron chi connectivity index (χ0n) is 16.1. The van der Waals surface area contributed by atoms with Crippen LogP contribution in [0.2, 0.25) is 0 Å². The Labute approximate surface area is 162 Å². The van der Waals surface area contributed by atoms with Crippen molar-refractivity contribution >= 4 is 27.4 Å². The van der Waals surface area contributed by atoms with Gasteiger partial charge in [0.25, 0.3) is 10.2 Å². The van der Waals surface area contributed by atoms with Gasteiger partial charge in [0.1, 0.15) is 11.4 Å². The minimum atomic E-state index is -3.46. The van der Waals surface area contributed by atoms with Gasteiger partial charge in [0.15, 0.2) is 0 Å². The molecule has 2 heterocycles. The van der Waals surface area contributed by atoms with Crippen molar-refractivity contribution in [2.24, 2.45) is 4.99 Å². The fraction of sp³-hybridized carbons (Fsp3) is 0.632. The number of amidine groups is 1. The molecule has 0 amide bonds. The smallest absolute Gasteiger partial charge is 0.281 e. The molecule has 8 heteroatoms. The zero-order valence-corrected chi connectivity index (χ0v) is 16.9. The van der Waals surface area contributed by atoms with Crippen LogP contribution in [0.1, 0.15) is 38.5 Å². The molecule has 2 aliphatic heterocycles. The number of aliphatic imine (C=N–C) groups is 1. The third-order valence-electron chi connectivity index (χ3n) is 5.89. The van der Waals surface area contributed by atoms with Crippen molar-refractivity contribution in [1.82, 2.24) is 8.61 Å². The number of hydrogen-bond donors (Lipinski definition) is 2. The SMILES string of the molecule is CN(C)S(=O)(=O)N1CCCC2(C1)Nc1ccccc1NC2=NC1CCCC1. The Bertz CT molecular complexity index is 832. The van der Waals surface area contributed by atoms with Crippen LogP contribution in [-0.2, 0) is 10.2 Å². The summed E-state index contributed by atoms with van der Waals surface area (Å²) in [7, 11) is -0.281. The predicted octanol–water partition coefficient (Wildman–Crippen LogP) is 2.51. The molecule has 1 aromatic carbocycles. The number of fused-ring (bicyclic) bond motifs is 1. The molecule has 0 aromatic heterocycles. The van der Waals surface area contributed by atoms with Crippen LogP contribution in [0.3, 0.4) is 0 Å². The van der Waals surface area contributed by atoms with Crippen LogP contribution in [-0.4, -0.2) is 61.6 Å². The molecule has 1 spiro atoms. The molecule has 1 unspecified atom stereocenters. The fourth-order valence-corrected chi connectivity index (χ4v) is 5.58. The standard InChI is InChI=1S/C19H29N5O2S/c1-23(2)27(25,26)24-13-7-12-19(14-24)18(20-15-8-3-4-9-15)21-16-10-5-6-11-17(16)22-19/h5-6,10-11,15,22H,3-4,7-9,12-14H2,1-2H3,(H,20,21). The van der Waals surface area contributed by atoms with Crippen molar-refractivity contribution in [2.75, 3.05) is 37.8 Å². The van der Waals surface area contributed by atoms with Gasteiger partial charge in [0, 0.05) is 27.2 Å². The highest BCUT2D eigenvalue weighted by Crippen LogP contribution is 2.37. The molecular weight excluding hydrogens is 362 g/mol. The van der Waals surface area contributed by atoms with E-state index in [4.69, 9.17) is 4.99 Å². The molecule has 2 N–H and O–H groups in total. The Kier molecular flexibility index (Phi) is 4.90. The van der Waals surface area contributed by atoms with Gasteiger partial charge in [-0.05, 0) is 37.8 Å². The second-order valence-electron chi connectivity index (χ2n) is 8.02. The van der Waals surface area contributed by atoms with Crippen LogP contribution >= 0.6 is 0 Å². The predicted molar refractivity (Wildman–Crippen MR) is 110 cm³/mol. The first-order chi connectivity index (χ1) is 12.9. The third-order valence-corrected chi connectivity index (χ3v) is 7.78. The maximum Gasteiger partial charge on any atom is 0.281 e. The van der Waals surface area contributed by atoms with E-state index in [1.165, 1.54) is 17.1 Å². The summed E-state index contributed by atoms with van der Waals surface area (Å²) >= 11 is 0. The van der Waals surface area contributed by atoms with E-state index in [-0.39, 0.29) is 0 Å². The first kappa shape index (κ1) is 18.7. The summed E-state index contributed by atoms with van der Waals surface area (Å²) in [6.07, 6.45) is 6.33. The normalized spacial score (nSPS) is 28.3. The molecular formula is C19H29N5O2S. The maximum absolute atomic E-state index is 12.8. The summed E-state index contributed by atoms with van der Waals surface area (Å²) < 4.78 is 28.4. The van der Waals surface area contributed by atoms with Gasteiger partial charge in [-0.25, -0.2) is 0 Å². The van der Waals surface area contributed by atoms with Crippen molar-refractivity contribution in [1.29, 1.82) is 0 Å². The minimum Gasteiger partial charge on any atom is -0.370 e. The van der Waals surface area contributed by atoms with E-state index in [1.807, 2.05) is 24.3 Å². The van der Waals surface area contributed by atoms with Crippen molar-refractivity contribution in [3.8, 4) is 0 Å². The summed E-state index contributed by atoms with van der Waals surface area (Å²) in [6.45, 7) is 0.933. The van der Waals surface area contributed by atoms with Gasteiger partial charge in [-0.3, -0.25) is 4.99 Å². The summed E-state index contributed by atoms with van der Waals surface area (Å²) in [5.74, 6) is 0.895. The van der Waals surface area contributed by atoms with E-state index < -0.39 is 15.7 Å². The summed E-state index contributed by atoms with van der Waals surface area (Å²) in [4.78, 5) is 5.08. The highest BCUT2D eigenvalue weighted by atomic mass is 32.2. The third kappa shape index (κ3) is 3.46. The van der Waals surface area contributed by atoms with Gasteiger partial charge in [-0.2, -0.15) is 17.0 Å². The Morgan fingerprint density at radius 1 is 1.15 bits per heavy atom. The van der Waals surface area contributed by atoms with Gasteiger partial charge in [0.05, 0.1) is 17.4 Å². The Morgan fingerprint density at radius 2 is 1.85 bits per heavy atom. The zero-order chi connectivity index (χ0) is 19.1. The van der Waals surface area contributed by atoms with E-state index in [2.05, 4.69) is 10.6 Å². The van der Waals surface area contributed by atoms with Crippen molar-refractivity contribution in [2.45, 2.75) is 50.1 Å². The maximum atomic E-state index is 12.8. The summed E-state index contributed by atoms with van der Waals surface area (Å²) in [6, 6.07) is 8.41. The number of rotatable bonds is 3. The second-order valence-corrected chi connectivity index (χ2v) is 10.2. The number of nitrogens with zero attached hydrogens (tertiary/aromatic N) is 3. The number of benzene rings is 1. The van der Waals surface area contributed by atoms with Gasteiger partial charge in [0.2, 0.25) is 0 Å². The van der Waals surface area contributed by atoms with E-state index in [9.17, 15) is 8.42 Å². The Balaban J connectivity index is 1.72. The van der Waals surface area contributed by atoms with Crippen LogP contribution in [0.25, 0.3) is 0 Å². The Hall–Kier alpha value is -1.64. The molecule has 148 valence electrons. The molecule has 0 radical (unpaired) electrons. The van der Waals surface area contributed by atoms with Gasteiger partial charge < -0.3 is 10.6 Å². The molecule has 0 bridgehead atoms. The first-order valence-corrected chi connectivity index (χ1v) is 11.2. The quantitative estimate of drug-likeness (QED) is 0.830. The number of anilines is 2. The van der Waals surface area contributed by atoms with E-state index in [0.717, 1.165) is 42.9 Å². The largest absolute Gasteiger partial charge is 0.370 e. The molecule has 1 atom stereocenters.